The third kappa shape index (κ3) is 3.51. The Labute approximate surface area is 150 Å². The minimum absolute atomic E-state index is 0.00945. The monoisotopic (exact) mass is 354 g/mol. The molecule has 0 radical (unpaired) electrons. The molecule has 1 saturated carbocycles. The number of phenolic OH excluding ortho intramolecular Hbond substituents is 1. The van der Waals surface area contributed by atoms with Gasteiger partial charge in [0.1, 0.15) is 18.0 Å². The lowest BCUT2D eigenvalue weighted by atomic mass is 9.96. The Hall–Kier alpha value is -2.96. The summed E-state index contributed by atoms with van der Waals surface area (Å²) in [4.78, 5) is 0. The highest BCUT2D eigenvalue weighted by molar-refractivity contribution is 5.73. The van der Waals surface area contributed by atoms with Crippen LogP contribution in [-0.4, -0.2) is 37.8 Å². The lowest BCUT2D eigenvalue weighted by Crippen LogP contribution is -2.25. The van der Waals surface area contributed by atoms with Gasteiger partial charge >= 0.3 is 0 Å². The maximum atomic E-state index is 13.2. The van der Waals surface area contributed by atoms with Crippen molar-refractivity contribution >= 4 is 0 Å². The summed E-state index contributed by atoms with van der Waals surface area (Å²) in [6, 6.07) is 8.84. The largest absolute Gasteiger partial charge is 0.507 e. The SMILES string of the molecule is Oc1cc(-c2cn[nH]c2)ccc1-c1ccc(O[C@H]2CC[C@@H](F)CC2)nn1. The molecule has 0 spiro atoms. The summed E-state index contributed by atoms with van der Waals surface area (Å²) in [6.07, 6.45) is 5.19. The van der Waals surface area contributed by atoms with Crippen LogP contribution in [0.5, 0.6) is 11.6 Å². The highest BCUT2D eigenvalue weighted by Crippen LogP contribution is 2.32. The molecule has 6 nitrogen and oxygen atoms in total. The number of rotatable bonds is 4. The van der Waals surface area contributed by atoms with Crippen LogP contribution in [-0.2, 0) is 0 Å². The normalized spacial score (nSPS) is 20.0. The number of nitrogens with one attached hydrogen (secondary N) is 1. The van der Waals surface area contributed by atoms with Crippen LogP contribution in [0.4, 0.5) is 4.39 Å². The maximum Gasteiger partial charge on any atom is 0.233 e. The van der Waals surface area contributed by atoms with E-state index in [-0.39, 0.29) is 11.9 Å². The fourth-order valence-corrected chi connectivity index (χ4v) is 3.17. The van der Waals surface area contributed by atoms with Crippen LogP contribution in [0, 0.1) is 0 Å². The number of hydrogen-bond acceptors (Lipinski definition) is 5. The Balaban J connectivity index is 1.48. The quantitative estimate of drug-likeness (QED) is 0.742. The summed E-state index contributed by atoms with van der Waals surface area (Å²) < 4.78 is 19.0. The van der Waals surface area contributed by atoms with Gasteiger partial charge in [-0.3, -0.25) is 5.10 Å². The maximum absolute atomic E-state index is 13.2. The van der Waals surface area contributed by atoms with Crippen molar-refractivity contribution < 1.29 is 14.2 Å². The minimum Gasteiger partial charge on any atom is -0.507 e. The molecule has 0 aliphatic heterocycles. The zero-order chi connectivity index (χ0) is 17.9. The van der Waals surface area contributed by atoms with Crippen molar-refractivity contribution in [2.75, 3.05) is 0 Å². The van der Waals surface area contributed by atoms with Gasteiger partial charge in [0.05, 0.1) is 11.9 Å². The van der Waals surface area contributed by atoms with Crippen molar-refractivity contribution in [3.05, 3.63) is 42.7 Å². The van der Waals surface area contributed by atoms with E-state index >= 15 is 0 Å². The second-order valence-electron chi connectivity index (χ2n) is 6.47. The van der Waals surface area contributed by atoms with Crippen LogP contribution >= 0.6 is 0 Å². The van der Waals surface area contributed by atoms with E-state index in [1.807, 2.05) is 6.07 Å². The van der Waals surface area contributed by atoms with Gasteiger partial charge in [0, 0.05) is 23.4 Å². The topological polar surface area (TPSA) is 83.9 Å². The van der Waals surface area contributed by atoms with E-state index in [0.717, 1.165) is 11.1 Å². The average molecular weight is 354 g/mol. The summed E-state index contributed by atoms with van der Waals surface area (Å²) in [5, 5.41) is 25.2. The van der Waals surface area contributed by atoms with Crippen molar-refractivity contribution in [3.63, 3.8) is 0 Å². The summed E-state index contributed by atoms with van der Waals surface area (Å²) >= 11 is 0. The molecular formula is C19H19FN4O2. The predicted octanol–water partition coefficient (Wildman–Crippen LogP) is 3.90. The number of aromatic nitrogens is 4. The van der Waals surface area contributed by atoms with Crippen LogP contribution in [0.25, 0.3) is 22.4 Å². The highest BCUT2D eigenvalue weighted by Gasteiger charge is 2.22. The Bertz CT molecular complexity index is 860. The van der Waals surface area contributed by atoms with E-state index in [4.69, 9.17) is 4.74 Å². The molecule has 1 aromatic carbocycles. The zero-order valence-corrected chi connectivity index (χ0v) is 14.1. The van der Waals surface area contributed by atoms with Crippen LogP contribution in [0.15, 0.2) is 42.7 Å². The Morgan fingerprint density at radius 1 is 1.04 bits per heavy atom. The number of ether oxygens (including phenoxy) is 1. The van der Waals surface area contributed by atoms with Gasteiger partial charge in [-0.05, 0) is 49.4 Å². The number of phenols is 1. The van der Waals surface area contributed by atoms with Gasteiger partial charge in [-0.1, -0.05) is 6.07 Å². The third-order valence-electron chi connectivity index (χ3n) is 4.64. The Morgan fingerprint density at radius 3 is 2.54 bits per heavy atom. The van der Waals surface area contributed by atoms with E-state index in [1.54, 1.807) is 36.7 Å². The van der Waals surface area contributed by atoms with Gasteiger partial charge in [-0.15, -0.1) is 10.2 Å². The first kappa shape index (κ1) is 16.5. The molecule has 2 N–H and O–H groups in total. The van der Waals surface area contributed by atoms with Gasteiger partial charge < -0.3 is 9.84 Å². The molecule has 1 fully saturated rings. The smallest absolute Gasteiger partial charge is 0.233 e. The summed E-state index contributed by atoms with van der Waals surface area (Å²) in [6.45, 7) is 0. The molecule has 2 aromatic heterocycles. The fourth-order valence-electron chi connectivity index (χ4n) is 3.17. The Morgan fingerprint density at radius 2 is 1.88 bits per heavy atom. The first-order valence-corrected chi connectivity index (χ1v) is 8.66. The predicted molar refractivity (Wildman–Crippen MR) is 94.5 cm³/mol. The molecule has 1 aliphatic rings. The number of benzene rings is 1. The molecule has 0 unspecified atom stereocenters. The molecule has 1 aliphatic carbocycles. The van der Waals surface area contributed by atoms with E-state index in [2.05, 4.69) is 20.4 Å². The lowest BCUT2D eigenvalue weighted by molar-refractivity contribution is 0.108. The van der Waals surface area contributed by atoms with Crippen molar-refractivity contribution in [2.45, 2.75) is 38.0 Å². The Kier molecular flexibility index (Phi) is 4.51. The summed E-state index contributed by atoms with van der Waals surface area (Å²) in [5.41, 5.74) is 2.90. The molecule has 26 heavy (non-hydrogen) atoms. The highest BCUT2D eigenvalue weighted by atomic mass is 19.1. The van der Waals surface area contributed by atoms with E-state index in [9.17, 15) is 9.50 Å². The number of aromatic amines is 1. The van der Waals surface area contributed by atoms with E-state index in [0.29, 0.717) is 42.8 Å². The van der Waals surface area contributed by atoms with Crippen LogP contribution in [0.3, 0.4) is 0 Å². The first-order valence-electron chi connectivity index (χ1n) is 8.66. The first-order chi connectivity index (χ1) is 12.7. The average Bonchev–Trinajstić information content (AvgIpc) is 3.19. The molecule has 0 saturated heterocycles. The number of nitrogens with zero attached hydrogens (tertiary/aromatic N) is 3. The number of alkyl halides is 1. The summed E-state index contributed by atoms with van der Waals surface area (Å²) in [5.74, 6) is 0.540. The van der Waals surface area contributed by atoms with Crippen molar-refractivity contribution in [1.29, 1.82) is 0 Å². The second kappa shape index (κ2) is 7.11. The number of hydrogen-bond donors (Lipinski definition) is 2. The number of aromatic hydroxyl groups is 1. The lowest BCUT2D eigenvalue weighted by Gasteiger charge is -2.24. The number of halogens is 1. The van der Waals surface area contributed by atoms with Crippen LogP contribution in [0.2, 0.25) is 0 Å². The zero-order valence-electron chi connectivity index (χ0n) is 14.1. The molecule has 7 heteroatoms. The number of H-pyrrole nitrogens is 1. The molecule has 134 valence electrons. The molecule has 0 atom stereocenters. The molecular weight excluding hydrogens is 335 g/mol. The van der Waals surface area contributed by atoms with Crippen molar-refractivity contribution in [2.24, 2.45) is 0 Å². The van der Waals surface area contributed by atoms with Gasteiger partial charge in [0.2, 0.25) is 5.88 Å². The molecule has 0 bridgehead atoms. The van der Waals surface area contributed by atoms with E-state index < -0.39 is 6.17 Å². The summed E-state index contributed by atoms with van der Waals surface area (Å²) in [7, 11) is 0. The minimum atomic E-state index is -0.712. The van der Waals surface area contributed by atoms with Crippen molar-refractivity contribution in [3.8, 4) is 34.0 Å². The molecule has 4 rings (SSSR count). The molecule has 2 heterocycles. The van der Waals surface area contributed by atoms with Crippen molar-refractivity contribution in [1.82, 2.24) is 20.4 Å². The molecule has 0 amide bonds. The third-order valence-corrected chi connectivity index (χ3v) is 4.64. The van der Waals surface area contributed by atoms with Crippen LogP contribution in [0.1, 0.15) is 25.7 Å². The second-order valence-corrected chi connectivity index (χ2v) is 6.47. The standard InChI is InChI=1S/C19H19FN4O2/c20-14-2-4-15(5-3-14)26-19-8-7-17(23-24-19)16-6-1-12(9-18(16)25)13-10-21-22-11-13/h1,6-11,14-15,25H,2-5H2,(H,21,22)/t14-,15+. The fraction of sp³-hybridized carbons (Fsp3) is 0.316. The van der Waals surface area contributed by atoms with Gasteiger partial charge in [-0.25, -0.2) is 4.39 Å². The van der Waals surface area contributed by atoms with Crippen LogP contribution < -0.4 is 4.74 Å². The molecule has 3 aromatic rings. The van der Waals surface area contributed by atoms with Gasteiger partial charge in [0.25, 0.3) is 0 Å². The van der Waals surface area contributed by atoms with Gasteiger partial charge in [0.15, 0.2) is 0 Å². The van der Waals surface area contributed by atoms with E-state index in [1.165, 1.54) is 0 Å². The van der Waals surface area contributed by atoms with Gasteiger partial charge in [-0.2, -0.15) is 5.10 Å².